The molecular weight excluding hydrogens is 462 g/mol. The number of hydrogen-bond donors (Lipinski definition) is 3. The first-order valence-electron chi connectivity index (χ1n) is 12.9. The van der Waals surface area contributed by atoms with E-state index in [1.807, 2.05) is 27.0 Å². The van der Waals surface area contributed by atoms with Crippen LogP contribution in [0.1, 0.15) is 51.8 Å². The van der Waals surface area contributed by atoms with Crippen LogP contribution >= 0.6 is 0 Å². The second kappa shape index (κ2) is 9.07. The summed E-state index contributed by atoms with van der Waals surface area (Å²) in [4.78, 5) is 28.2. The standard InChI is InChI=1S/C30H31N5O2/c1-30(2,3)37-29(36)34-24-6-4-5-23(24)28-33-25-14-12-21-15-20(11-13-22(21)27(25)35-28)18-7-9-19(10-8-18)26-16-31-17-32-26/h7-17,23-24H,4-6H2,1-3H3,(H,31,32)(H,33,35)(H,34,36). The Morgan fingerprint density at radius 2 is 1.78 bits per heavy atom. The number of rotatable bonds is 4. The number of fused-ring (bicyclic) bond motifs is 3. The quantitative estimate of drug-likeness (QED) is 0.253. The summed E-state index contributed by atoms with van der Waals surface area (Å²) in [6, 6.07) is 19.3. The zero-order valence-electron chi connectivity index (χ0n) is 21.3. The fourth-order valence-electron chi connectivity index (χ4n) is 5.36. The Morgan fingerprint density at radius 3 is 2.54 bits per heavy atom. The van der Waals surface area contributed by atoms with Gasteiger partial charge in [-0.05, 0) is 67.8 Å². The molecule has 1 saturated carbocycles. The van der Waals surface area contributed by atoms with Crippen molar-refractivity contribution in [2.24, 2.45) is 0 Å². The topological polar surface area (TPSA) is 95.7 Å². The van der Waals surface area contributed by atoms with Gasteiger partial charge >= 0.3 is 6.09 Å². The number of carbonyl (C=O) groups excluding carboxylic acids is 1. The van der Waals surface area contributed by atoms with Gasteiger partial charge in [-0.1, -0.05) is 48.9 Å². The minimum atomic E-state index is -0.517. The van der Waals surface area contributed by atoms with Gasteiger partial charge in [0, 0.05) is 17.3 Å². The van der Waals surface area contributed by atoms with Crippen molar-refractivity contribution in [3.05, 3.63) is 72.9 Å². The van der Waals surface area contributed by atoms with E-state index in [9.17, 15) is 4.79 Å². The van der Waals surface area contributed by atoms with E-state index in [0.29, 0.717) is 0 Å². The molecule has 1 fully saturated rings. The fraction of sp³-hybridized carbons (Fsp3) is 0.300. The summed E-state index contributed by atoms with van der Waals surface area (Å²) in [6.07, 6.45) is 6.11. The zero-order valence-corrected chi connectivity index (χ0v) is 21.3. The second-order valence-corrected chi connectivity index (χ2v) is 10.9. The number of aromatic nitrogens is 4. The zero-order chi connectivity index (χ0) is 25.6. The number of nitrogens with zero attached hydrogens (tertiary/aromatic N) is 2. The van der Waals surface area contributed by atoms with Crippen molar-refractivity contribution in [3.63, 3.8) is 0 Å². The molecule has 0 spiro atoms. The van der Waals surface area contributed by atoms with Gasteiger partial charge in [-0.3, -0.25) is 0 Å². The van der Waals surface area contributed by atoms with Gasteiger partial charge in [-0.25, -0.2) is 14.8 Å². The van der Waals surface area contributed by atoms with Gasteiger partial charge < -0.3 is 20.0 Å². The number of benzene rings is 3. The Kier molecular flexibility index (Phi) is 5.71. The molecule has 7 heteroatoms. The molecular formula is C30H31N5O2. The van der Waals surface area contributed by atoms with Crippen molar-refractivity contribution < 1.29 is 9.53 Å². The highest BCUT2D eigenvalue weighted by atomic mass is 16.6. The number of H-pyrrole nitrogens is 2. The molecule has 2 unspecified atom stereocenters. The largest absolute Gasteiger partial charge is 0.444 e. The molecule has 2 atom stereocenters. The van der Waals surface area contributed by atoms with Crippen molar-refractivity contribution in [1.82, 2.24) is 25.3 Å². The average molecular weight is 494 g/mol. The minimum Gasteiger partial charge on any atom is -0.444 e. The molecule has 1 aliphatic carbocycles. The van der Waals surface area contributed by atoms with Gasteiger partial charge in [-0.2, -0.15) is 0 Å². The number of carbonyl (C=O) groups is 1. The number of imidazole rings is 2. The van der Waals surface area contributed by atoms with E-state index >= 15 is 0 Å². The van der Waals surface area contributed by atoms with Crippen LogP contribution in [-0.4, -0.2) is 37.7 Å². The van der Waals surface area contributed by atoms with Gasteiger partial charge in [0.05, 0.1) is 29.3 Å². The van der Waals surface area contributed by atoms with Crippen molar-refractivity contribution in [2.75, 3.05) is 0 Å². The number of ether oxygens (including phenoxy) is 1. The maximum Gasteiger partial charge on any atom is 0.407 e. The Morgan fingerprint density at radius 1 is 1.00 bits per heavy atom. The number of alkyl carbamates (subject to hydrolysis) is 1. The van der Waals surface area contributed by atoms with Gasteiger partial charge in [0.25, 0.3) is 0 Å². The van der Waals surface area contributed by atoms with Crippen LogP contribution < -0.4 is 5.32 Å². The summed E-state index contributed by atoms with van der Waals surface area (Å²) in [5.41, 5.74) is 5.92. The molecule has 0 saturated heterocycles. The lowest BCUT2D eigenvalue weighted by Gasteiger charge is -2.24. The van der Waals surface area contributed by atoms with E-state index in [0.717, 1.165) is 63.7 Å². The first-order chi connectivity index (χ1) is 17.8. The lowest BCUT2D eigenvalue weighted by Crippen LogP contribution is -2.40. The summed E-state index contributed by atoms with van der Waals surface area (Å²) in [6.45, 7) is 5.64. The Hall–Kier alpha value is -4.13. The number of aromatic amines is 2. The minimum absolute atomic E-state index is 0.0120. The molecule has 2 aromatic heterocycles. The van der Waals surface area contributed by atoms with Gasteiger partial charge in [0.2, 0.25) is 0 Å². The van der Waals surface area contributed by atoms with Crippen LogP contribution in [0.2, 0.25) is 0 Å². The smallest absolute Gasteiger partial charge is 0.407 e. The normalized spacial score (nSPS) is 17.9. The van der Waals surface area contributed by atoms with Crippen LogP contribution in [0.15, 0.2) is 67.1 Å². The van der Waals surface area contributed by atoms with Gasteiger partial charge in [0.1, 0.15) is 11.4 Å². The van der Waals surface area contributed by atoms with Crippen LogP contribution in [0.3, 0.4) is 0 Å². The third-order valence-electron chi connectivity index (χ3n) is 7.09. The number of nitrogens with one attached hydrogen (secondary N) is 3. The molecule has 7 nitrogen and oxygen atoms in total. The highest BCUT2D eigenvalue weighted by Crippen LogP contribution is 2.36. The maximum atomic E-state index is 12.4. The Bertz CT molecular complexity index is 1560. The number of hydrogen-bond acceptors (Lipinski definition) is 4. The summed E-state index contributed by atoms with van der Waals surface area (Å²) in [5.74, 6) is 1.07. The molecule has 0 radical (unpaired) electrons. The summed E-state index contributed by atoms with van der Waals surface area (Å²) >= 11 is 0. The molecule has 0 bridgehead atoms. The van der Waals surface area contributed by atoms with Crippen LogP contribution in [0.25, 0.3) is 44.2 Å². The van der Waals surface area contributed by atoms with Crippen LogP contribution in [0, 0.1) is 0 Å². The average Bonchev–Trinajstić information content (AvgIpc) is 3.63. The summed E-state index contributed by atoms with van der Waals surface area (Å²) in [7, 11) is 0. The lowest BCUT2D eigenvalue weighted by molar-refractivity contribution is 0.0500. The predicted molar refractivity (Wildman–Crippen MR) is 146 cm³/mol. The first kappa shape index (κ1) is 23.3. The van der Waals surface area contributed by atoms with Gasteiger partial charge in [-0.15, -0.1) is 0 Å². The van der Waals surface area contributed by atoms with Crippen molar-refractivity contribution in [3.8, 4) is 22.4 Å². The van der Waals surface area contributed by atoms with Crippen molar-refractivity contribution >= 4 is 27.9 Å². The Balaban J connectivity index is 1.27. The molecule has 37 heavy (non-hydrogen) atoms. The highest BCUT2D eigenvalue weighted by Gasteiger charge is 2.33. The summed E-state index contributed by atoms with van der Waals surface area (Å²) in [5, 5.41) is 5.38. The van der Waals surface area contributed by atoms with Gasteiger partial charge in [0.15, 0.2) is 0 Å². The van der Waals surface area contributed by atoms with Crippen LogP contribution in [0.4, 0.5) is 4.79 Å². The lowest BCUT2D eigenvalue weighted by atomic mass is 9.99. The summed E-state index contributed by atoms with van der Waals surface area (Å²) < 4.78 is 5.49. The van der Waals surface area contributed by atoms with E-state index in [1.165, 1.54) is 5.56 Å². The molecule has 3 N–H and O–H groups in total. The van der Waals surface area contributed by atoms with E-state index in [2.05, 4.69) is 74.9 Å². The van der Waals surface area contributed by atoms with Crippen molar-refractivity contribution in [1.29, 1.82) is 0 Å². The van der Waals surface area contributed by atoms with Crippen LogP contribution in [-0.2, 0) is 4.74 Å². The van der Waals surface area contributed by atoms with Crippen LogP contribution in [0.5, 0.6) is 0 Å². The predicted octanol–water partition coefficient (Wildman–Crippen LogP) is 6.93. The number of amides is 1. The monoisotopic (exact) mass is 493 g/mol. The molecule has 0 aliphatic heterocycles. The third-order valence-corrected chi connectivity index (χ3v) is 7.09. The maximum absolute atomic E-state index is 12.4. The SMILES string of the molecule is CC(C)(C)OC(=O)NC1CCCC1c1nc2ccc3cc(-c4ccc(-c5cnc[nH]5)cc4)ccc3c2[nH]1. The molecule has 3 aromatic carbocycles. The van der Waals surface area contributed by atoms with E-state index in [1.54, 1.807) is 6.33 Å². The van der Waals surface area contributed by atoms with E-state index < -0.39 is 5.60 Å². The molecule has 2 heterocycles. The van der Waals surface area contributed by atoms with E-state index in [4.69, 9.17) is 9.72 Å². The first-order valence-corrected chi connectivity index (χ1v) is 12.9. The Labute approximate surface area is 215 Å². The molecule has 5 aromatic rings. The molecule has 1 amide bonds. The second-order valence-electron chi connectivity index (χ2n) is 10.9. The van der Waals surface area contributed by atoms with Crippen molar-refractivity contribution in [2.45, 2.75) is 57.6 Å². The molecule has 6 rings (SSSR count). The fourth-order valence-corrected chi connectivity index (χ4v) is 5.36. The molecule has 1 aliphatic rings. The third kappa shape index (κ3) is 4.69. The van der Waals surface area contributed by atoms with E-state index in [-0.39, 0.29) is 18.1 Å². The highest BCUT2D eigenvalue weighted by molar-refractivity contribution is 6.05. The molecule has 188 valence electrons.